The van der Waals surface area contributed by atoms with Crippen molar-refractivity contribution in [2.75, 3.05) is 36.5 Å². The van der Waals surface area contributed by atoms with Crippen molar-refractivity contribution in [1.29, 1.82) is 0 Å². The molecule has 27 heavy (non-hydrogen) atoms. The zero-order valence-electron chi connectivity index (χ0n) is 14.9. The van der Waals surface area contributed by atoms with Gasteiger partial charge in [0.1, 0.15) is 11.0 Å². The Bertz CT molecular complexity index is 1000. The van der Waals surface area contributed by atoms with Crippen molar-refractivity contribution >= 4 is 39.9 Å². The van der Waals surface area contributed by atoms with Gasteiger partial charge < -0.3 is 15.0 Å². The van der Waals surface area contributed by atoms with Crippen LogP contribution < -0.4 is 10.2 Å². The van der Waals surface area contributed by atoms with Crippen LogP contribution in [-0.4, -0.2) is 42.2 Å². The van der Waals surface area contributed by atoms with E-state index in [1.54, 1.807) is 18.3 Å². The fourth-order valence-electron chi connectivity index (χ4n) is 3.16. The normalized spacial score (nSPS) is 14.4. The monoisotopic (exact) mass is 382 g/mol. The fraction of sp³-hybridized carbons (Fsp3) is 0.250. The Morgan fingerprint density at radius 2 is 2.04 bits per heavy atom. The van der Waals surface area contributed by atoms with Gasteiger partial charge in [-0.3, -0.25) is 4.79 Å². The topological polar surface area (TPSA) is 67.3 Å². The second kappa shape index (κ2) is 7.50. The third kappa shape index (κ3) is 3.72. The first-order valence-electron chi connectivity index (χ1n) is 8.78. The first kappa shape index (κ1) is 17.7. The van der Waals surface area contributed by atoms with Crippen LogP contribution in [0.1, 0.15) is 15.9 Å². The highest BCUT2D eigenvalue weighted by Gasteiger charge is 2.15. The standard InChI is InChI=1S/C20H19ClN4O2/c1-13-11-18(25-7-9-27-10-8-25)24-17-5-4-14(12-16(13)17)23-20(26)15-3-2-6-22-19(15)21/h2-6,11-12H,7-10H2,1H3,(H,23,26). The number of rotatable bonds is 3. The van der Waals surface area contributed by atoms with Gasteiger partial charge in [-0.15, -0.1) is 0 Å². The molecular formula is C20H19ClN4O2. The first-order chi connectivity index (χ1) is 13.1. The number of aryl methyl sites for hydroxylation is 1. The molecule has 0 radical (unpaired) electrons. The highest BCUT2D eigenvalue weighted by molar-refractivity contribution is 6.33. The van der Waals surface area contributed by atoms with Crippen molar-refractivity contribution in [3.8, 4) is 0 Å². The van der Waals surface area contributed by atoms with Crippen LogP contribution in [-0.2, 0) is 4.74 Å². The smallest absolute Gasteiger partial charge is 0.258 e. The molecule has 3 aromatic rings. The summed E-state index contributed by atoms with van der Waals surface area (Å²) in [7, 11) is 0. The van der Waals surface area contributed by atoms with Gasteiger partial charge in [0.25, 0.3) is 5.91 Å². The van der Waals surface area contributed by atoms with Gasteiger partial charge in [0.2, 0.25) is 0 Å². The van der Waals surface area contributed by atoms with Crippen molar-refractivity contribution in [3.63, 3.8) is 0 Å². The Labute approximate surface area is 162 Å². The van der Waals surface area contributed by atoms with Crippen molar-refractivity contribution in [2.45, 2.75) is 6.92 Å². The lowest BCUT2D eigenvalue weighted by atomic mass is 10.1. The van der Waals surface area contributed by atoms with Gasteiger partial charge in [0, 0.05) is 30.4 Å². The number of ether oxygens (including phenoxy) is 1. The number of carbonyl (C=O) groups is 1. The zero-order valence-corrected chi connectivity index (χ0v) is 15.7. The van der Waals surface area contributed by atoms with E-state index < -0.39 is 0 Å². The van der Waals surface area contributed by atoms with E-state index in [4.69, 9.17) is 21.3 Å². The molecule has 1 aliphatic heterocycles. The summed E-state index contributed by atoms with van der Waals surface area (Å²) in [5.74, 6) is 0.672. The molecule has 1 N–H and O–H groups in total. The van der Waals surface area contributed by atoms with E-state index in [1.807, 2.05) is 18.2 Å². The molecule has 1 aliphatic rings. The van der Waals surface area contributed by atoms with Crippen molar-refractivity contribution in [1.82, 2.24) is 9.97 Å². The number of fused-ring (bicyclic) bond motifs is 1. The summed E-state index contributed by atoms with van der Waals surface area (Å²) in [6.45, 7) is 5.19. The Balaban J connectivity index is 1.61. The Morgan fingerprint density at radius 3 is 2.81 bits per heavy atom. The van der Waals surface area contributed by atoms with Gasteiger partial charge in [-0.25, -0.2) is 9.97 Å². The summed E-state index contributed by atoms with van der Waals surface area (Å²) in [6, 6.07) is 11.1. The molecule has 3 heterocycles. The molecule has 2 aromatic heterocycles. The number of amides is 1. The van der Waals surface area contributed by atoms with E-state index in [0.717, 1.165) is 48.6 Å². The molecular weight excluding hydrogens is 364 g/mol. The number of halogens is 1. The van der Waals surface area contributed by atoms with Gasteiger partial charge in [-0.2, -0.15) is 0 Å². The number of aromatic nitrogens is 2. The number of pyridine rings is 2. The first-order valence-corrected chi connectivity index (χ1v) is 9.15. The predicted octanol–water partition coefficient (Wildman–Crippen LogP) is 3.68. The van der Waals surface area contributed by atoms with Crippen molar-refractivity contribution < 1.29 is 9.53 Å². The lowest BCUT2D eigenvalue weighted by molar-refractivity contribution is 0.102. The molecule has 1 saturated heterocycles. The summed E-state index contributed by atoms with van der Waals surface area (Å²) in [6.07, 6.45) is 1.55. The summed E-state index contributed by atoms with van der Waals surface area (Å²) in [5.41, 5.74) is 3.04. The highest BCUT2D eigenvalue weighted by atomic mass is 35.5. The van der Waals surface area contributed by atoms with Crippen LogP contribution in [0.15, 0.2) is 42.6 Å². The van der Waals surface area contributed by atoms with Crippen LogP contribution in [0.4, 0.5) is 11.5 Å². The molecule has 0 aliphatic carbocycles. The van der Waals surface area contributed by atoms with Crippen LogP contribution >= 0.6 is 11.6 Å². The maximum absolute atomic E-state index is 12.4. The Morgan fingerprint density at radius 1 is 1.22 bits per heavy atom. The Hall–Kier alpha value is -2.70. The van der Waals surface area contributed by atoms with E-state index in [2.05, 4.69) is 28.2 Å². The molecule has 1 fully saturated rings. The summed E-state index contributed by atoms with van der Waals surface area (Å²) in [5, 5.41) is 4.06. The molecule has 7 heteroatoms. The van der Waals surface area contributed by atoms with Crippen LogP contribution in [0.2, 0.25) is 5.15 Å². The highest BCUT2D eigenvalue weighted by Crippen LogP contribution is 2.26. The molecule has 0 bridgehead atoms. The van der Waals surface area contributed by atoms with Gasteiger partial charge >= 0.3 is 0 Å². The maximum Gasteiger partial charge on any atom is 0.258 e. The van der Waals surface area contributed by atoms with Crippen LogP contribution in [0.5, 0.6) is 0 Å². The molecule has 0 saturated carbocycles. The summed E-state index contributed by atoms with van der Waals surface area (Å²) >= 11 is 6.00. The van der Waals surface area contributed by atoms with E-state index in [9.17, 15) is 4.79 Å². The minimum absolute atomic E-state index is 0.184. The molecule has 0 unspecified atom stereocenters. The molecule has 138 valence electrons. The van der Waals surface area contributed by atoms with E-state index >= 15 is 0 Å². The minimum Gasteiger partial charge on any atom is -0.378 e. The maximum atomic E-state index is 12.4. The largest absolute Gasteiger partial charge is 0.378 e. The fourth-order valence-corrected chi connectivity index (χ4v) is 3.37. The zero-order chi connectivity index (χ0) is 18.8. The summed E-state index contributed by atoms with van der Waals surface area (Å²) in [4.78, 5) is 23.4. The third-order valence-corrected chi connectivity index (χ3v) is 4.90. The number of morpholine rings is 1. The molecule has 0 spiro atoms. The lowest BCUT2D eigenvalue weighted by Crippen LogP contribution is -2.36. The second-order valence-electron chi connectivity index (χ2n) is 6.42. The number of nitrogens with zero attached hydrogens (tertiary/aromatic N) is 3. The van der Waals surface area contributed by atoms with Crippen molar-refractivity contribution in [2.24, 2.45) is 0 Å². The number of nitrogens with one attached hydrogen (secondary N) is 1. The van der Waals surface area contributed by atoms with Gasteiger partial charge in [0.05, 0.1) is 24.3 Å². The molecule has 1 amide bonds. The van der Waals surface area contributed by atoms with Crippen LogP contribution in [0, 0.1) is 6.92 Å². The number of carbonyl (C=O) groups excluding carboxylic acids is 1. The second-order valence-corrected chi connectivity index (χ2v) is 6.78. The summed E-state index contributed by atoms with van der Waals surface area (Å²) < 4.78 is 5.41. The van der Waals surface area contributed by atoms with Gasteiger partial charge in [0.15, 0.2) is 0 Å². The molecule has 4 rings (SSSR count). The van der Waals surface area contributed by atoms with E-state index in [1.165, 1.54) is 0 Å². The number of benzene rings is 1. The SMILES string of the molecule is Cc1cc(N2CCOCC2)nc2ccc(NC(=O)c3cccnc3Cl)cc12. The van der Waals surface area contributed by atoms with E-state index in [0.29, 0.717) is 11.3 Å². The minimum atomic E-state index is -0.289. The number of hydrogen-bond donors (Lipinski definition) is 1. The number of anilines is 2. The molecule has 6 nitrogen and oxygen atoms in total. The van der Waals surface area contributed by atoms with Crippen LogP contribution in [0.3, 0.4) is 0 Å². The molecule has 0 atom stereocenters. The predicted molar refractivity (Wildman–Crippen MR) is 107 cm³/mol. The van der Waals surface area contributed by atoms with E-state index in [-0.39, 0.29) is 11.1 Å². The van der Waals surface area contributed by atoms with Crippen molar-refractivity contribution in [3.05, 3.63) is 58.9 Å². The third-order valence-electron chi connectivity index (χ3n) is 4.60. The number of hydrogen-bond acceptors (Lipinski definition) is 5. The van der Waals surface area contributed by atoms with Crippen LogP contribution in [0.25, 0.3) is 10.9 Å². The Kier molecular flexibility index (Phi) is 4.92. The average Bonchev–Trinajstić information content (AvgIpc) is 2.69. The molecule has 1 aromatic carbocycles. The quantitative estimate of drug-likeness (QED) is 0.700. The van der Waals surface area contributed by atoms with Gasteiger partial charge in [-0.1, -0.05) is 11.6 Å². The average molecular weight is 383 g/mol. The lowest BCUT2D eigenvalue weighted by Gasteiger charge is -2.28. The van der Waals surface area contributed by atoms with Gasteiger partial charge in [-0.05, 0) is 48.9 Å².